The second-order valence-corrected chi connectivity index (χ2v) is 7.78. The van der Waals surface area contributed by atoms with Crippen LogP contribution >= 0.6 is 22.7 Å². The third-order valence-electron chi connectivity index (χ3n) is 3.98. The first kappa shape index (κ1) is 18.5. The van der Waals surface area contributed by atoms with Crippen LogP contribution in [0.2, 0.25) is 0 Å². The van der Waals surface area contributed by atoms with E-state index in [1.807, 2.05) is 29.6 Å². The van der Waals surface area contributed by atoms with Gasteiger partial charge in [0, 0.05) is 17.5 Å². The van der Waals surface area contributed by atoms with Crippen LogP contribution in [0.4, 0.5) is 5.13 Å². The second kappa shape index (κ2) is 8.41. The molecular weight excluding hydrogens is 398 g/mol. The number of nitrogens with zero attached hydrogens (tertiary/aromatic N) is 1. The zero-order valence-electron chi connectivity index (χ0n) is 14.8. The summed E-state index contributed by atoms with van der Waals surface area (Å²) in [6, 6.07) is 9.19. The summed E-state index contributed by atoms with van der Waals surface area (Å²) >= 11 is 2.66. The summed E-state index contributed by atoms with van der Waals surface area (Å²) in [5.41, 5.74) is 1.48. The molecule has 0 saturated heterocycles. The number of thiazole rings is 1. The maximum Gasteiger partial charge on any atom is 0.267 e. The van der Waals surface area contributed by atoms with Crippen LogP contribution < -0.4 is 20.1 Å². The van der Waals surface area contributed by atoms with E-state index in [9.17, 15) is 9.59 Å². The van der Waals surface area contributed by atoms with Crippen LogP contribution in [0.3, 0.4) is 0 Å². The van der Waals surface area contributed by atoms with Gasteiger partial charge in [0.15, 0.2) is 16.6 Å². The first-order valence-corrected chi connectivity index (χ1v) is 10.4. The number of hydrogen-bond donors (Lipinski definition) is 2. The zero-order chi connectivity index (χ0) is 19.3. The maximum atomic E-state index is 12.3. The minimum absolute atomic E-state index is 0.137. The van der Waals surface area contributed by atoms with Crippen molar-refractivity contribution in [3.63, 3.8) is 0 Å². The predicted octanol–water partition coefficient (Wildman–Crippen LogP) is 3.09. The van der Waals surface area contributed by atoms with E-state index in [4.69, 9.17) is 9.47 Å². The number of amides is 2. The standard InChI is InChI=1S/C19H17N3O4S2/c23-16(20-10-12-3-1-4-14-17(12)26-7-6-25-14)9-13-11-28-19(21-13)22-18(24)15-5-2-8-27-15/h1-5,8,11H,6-7,9-10H2,(H,20,23)(H,21,22,24). The van der Waals surface area contributed by atoms with E-state index < -0.39 is 0 Å². The smallest absolute Gasteiger partial charge is 0.267 e. The third-order valence-corrected chi connectivity index (χ3v) is 5.66. The Balaban J connectivity index is 1.31. The number of ether oxygens (including phenoxy) is 2. The van der Waals surface area contributed by atoms with Crippen LogP contribution in [0.5, 0.6) is 11.5 Å². The third kappa shape index (κ3) is 4.32. The lowest BCUT2D eigenvalue weighted by Crippen LogP contribution is -2.26. The van der Waals surface area contributed by atoms with Crippen molar-refractivity contribution in [1.82, 2.24) is 10.3 Å². The molecule has 0 radical (unpaired) electrons. The molecule has 2 N–H and O–H groups in total. The topological polar surface area (TPSA) is 89.6 Å². The zero-order valence-corrected chi connectivity index (χ0v) is 16.4. The molecule has 1 aliphatic heterocycles. The van der Waals surface area contributed by atoms with Crippen molar-refractivity contribution in [2.45, 2.75) is 13.0 Å². The number of anilines is 1. The monoisotopic (exact) mass is 415 g/mol. The highest BCUT2D eigenvalue weighted by Crippen LogP contribution is 2.33. The molecule has 0 fully saturated rings. The lowest BCUT2D eigenvalue weighted by molar-refractivity contribution is -0.120. The number of nitrogens with one attached hydrogen (secondary N) is 2. The lowest BCUT2D eigenvalue weighted by atomic mass is 10.1. The molecule has 0 unspecified atom stereocenters. The van der Waals surface area contributed by atoms with Gasteiger partial charge in [-0.05, 0) is 17.5 Å². The molecule has 1 aromatic carbocycles. The minimum Gasteiger partial charge on any atom is -0.486 e. The molecule has 3 aromatic rings. The van der Waals surface area contributed by atoms with E-state index in [0.717, 1.165) is 5.56 Å². The maximum absolute atomic E-state index is 12.3. The highest BCUT2D eigenvalue weighted by molar-refractivity contribution is 7.14. The number of aromatic nitrogens is 1. The Morgan fingerprint density at radius 3 is 2.86 bits per heavy atom. The molecule has 2 aromatic heterocycles. The fraction of sp³-hybridized carbons (Fsp3) is 0.211. The van der Waals surface area contributed by atoms with E-state index in [-0.39, 0.29) is 18.2 Å². The van der Waals surface area contributed by atoms with Crippen LogP contribution in [0.1, 0.15) is 20.9 Å². The number of rotatable bonds is 6. The van der Waals surface area contributed by atoms with Gasteiger partial charge >= 0.3 is 0 Å². The van der Waals surface area contributed by atoms with E-state index in [1.165, 1.54) is 22.7 Å². The quantitative estimate of drug-likeness (QED) is 0.646. The lowest BCUT2D eigenvalue weighted by Gasteiger charge is -2.21. The number of fused-ring (bicyclic) bond motifs is 1. The van der Waals surface area contributed by atoms with E-state index in [1.54, 1.807) is 11.4 Å². The van der Waals surface area contributed by atoms with Gasteiger partial charge in [-0.3, -0.25) is 14.9 Å². The van der Waals surface area contributed by atoms with Gasteiger partial charge in [0.1, 0.15) is 13.2 Å². The molecule has 0 saturated carbocycles. The largest absolute Gasteiger partial charge is 0.486 e. The Morgan fingerprint density at radius 1 is 1.11 bits per heavy atom. The van der Waals surface area contributed by atoms with Gasteiger partial charge < -0.3 is 14.8 Å². The molecular formula is C19H17N3O4S2. The van der Waals surface area contributed by atoms with Gasteiger partial charge in [-0.1, -0.05) is 18.2 Å². The molecule has 0 atom stereocenters. The summed E-state index contributed by atoms with van der Waals surface area (Å²) in [6.45, 7) is 1.37. The van der Waals surface area contributed by atoms with Crippen molar-refractivity contribution in [2.75, 3.05) is 18.5 Å². The molecule has 2 amide bonds. The Bertz CT molecular complexity index is 985. The molecule has 1 aliphatic rings. The van der Waals surface area contributed by atoms with Gasteiger partial charge in [-0.25, -0.2) is 4.98 Å². The van der Waals surface area contributed by atoms with Gasteiger partial charge in [0.2, 0.25) is 5.91 Å². The molecule has 28 heavy (non-hydrogen) atoms. The SMILES string of the molecule is O=C(Cc1csc(NC(=O)c2cccs2)n1)NCc1cccc2c1OCCO2. The fourth-order valence-corrected chi connectivity index (χ4v) is 4.03. The van der Waals surface area contributed by atoms with Gasteiger partial charge in [0.25, 0.3) is 5.91 Å². The number of thiophene rings is 1. The highest BCUT2D eigenvalue weighted by atomic mass is 32.1. The molecule has 7 nitrogen and oxygen atoms in total. The molecule has 3 heterocycles. The second-order valence-electron chi connectivity index (χ2n) is 5.97. The molecule has 144 valence electrons. The van der Waals surface area contributed by atoms with Crippen LogP contribution in [-0.4, -0.2) is 30.0 Å². The summed E-state index contributed by atoms with van der Waals surface area (Å²) in [5.74, 6) is 1.03. The minimum atomic E-state index is -0.198. The van der Waals surface area contributed by atoms with E-state index in [2.05, 4.69) is 15.6 Å². The van der Waals surface area contributed by atoms with Crippen molar-refractivity contribution in [2.24, 2.45) is 0 Å². The fourth-order valence-electron chi connectivity index (χ4n) is 2.71. The van der Waals surface area contributed by atoms with Gasteiger partial charge in [0.05, 0.1) is 17.0 Å². The average Bonchev–Trinajstić information content (AvgIpc) is 3.39. The van der Waals surface area contributed by atoms with Gasteiger partial charge in [-0.15, -0.1) is 22.7 Å². The highest BCUT2D eigenvalue weighted by Gasteiger charge is 2.16. The average molecular weight is 415 g/mol. The Kier molecular flexibility index (Phi) is 5.54. The van der Waals surface area contributed by atoms with Crippen molar-refractivity contribution < 1.29 is 19.1 Å². The van der Waals surface area contributed by atoms with E-state index in [0.29, 0.717) is 47.0 Å². The van der Waals surface area contributed by atoms with Crippen molar-refractivity contribution >= 4 is 39.6 Å². The van der Waals surface area contributed by atoms with Crippen LogP contribution in [0, 0.1) is 0 Å². The van der Waals surface area contributed by atoms with E-state index >= 15 is 0 Å². The molecule has 0 spiro atoms. The van der Waals surface area contributed by atoms with Crippen LogP contribution in [0.25, 0.3) is 0 Å². The summed E-state index contributed by atoms with van der Waals surface area (Å²) < 4.78 is 11.2. The number of para-hydroxylation sites is 1. The van der Waals surface area contributed by atoms with Crippen molar-refractivity contribution in [3.05, 3.63) is 57.2 Å². The number of benzene rings is 1. The molecule has 9 heteroatoms. The summed E-state index contributed by atoms with van der Waals surface area (Å²) in [5, 5.41) is 9.71. The Labute approximate surface area is 169 Å². The molecule has 4 rings (SSSR count). The normalized spacial score (nSPS) is 12.4. The summed E-state index contributed by atoms with van der Waals surface area (Å²) in [4.78, 5) is 29.2. The number of hydrogen-bond acceptors (Lipinski definition) is 7. The predicted molar refractivity (Wildman–Crippen MR) is 107 cm³/mol. The Morgan fingerprint density at radius 2 is 2.00 bits per heavy atom. The number of carbonyl (C=O) groups is 2. The molecule has 0 bridgehead atoms. The first-order valence-electron chi connectivity index (χ1n) is 8.62. The van der Waals surface area contributed by atoms with Crippen molar-refractivity contribution in [1.29, 1.82) is 0 Å². The van der Waals surface area contributed by atoms with Crippen molar-refractivity contribution in [3.8, 4) is 11.5 Å². The molecule has 0 aliphatic carbocycles. The van der Waals surface area contributed by atoms with Crippen LogP contribution in [0.15, 0.2) is 41.1 Å². The van der Waals surface area contributed by atoms with Gasteiger partial charge in [-0.2, -0.15) is 0 Å². The summed E-state index contributed by atoms with van der Waals surface area (Å²) in [6.07, 6.45) is 0.137. The van der Waals surface area contributed by atoms with Crippen LogP contribution in [-0.2, 0) is 17.8 Å². The number of carbonyl (C=O) groups excluding carboxylic acids is 2. The first-order chi connectivity index (χ1) is 13.7. The summed E-state index contributed by atoms with van der Waals surface area (Å²) in [7, 11) is 0. The Hall–Kier alpha value is -2.91.